The molecule has 0 bridgehead atoms. The highest BCUT2D eigenvalue weighted by atomic mass is 32.1. The molecule has 0 saturated carbocycles. The first-order valence-electron chi connectivity index (χ1n) is 7.07. The highest BCUT2D eigenvalue weighted by Crippen LogP contribution is 2.41. The molecule has 2 heteroatoms. The van der Waals surface area contributed by atoms with E-state index in [4.69, 9.17) is 0 Å². The van der Waals surface area contributed by atoms with E-state index in [1.165, 1.54) is 10.4 Å². The van der Waals surface area contributed by atoms with Crippen LogP contribution < -0.4 is 0 Å². The lowest BCUT2D eigenvalue weighted by atomic mass is 9.79. The number of benzene rings is 1. The van der Waals surface area contributed by atoms with Crippen molar-refractivity contribution < 1.29 is 5.11 Å². The van der Waals surface area contributed by atoms with E-state index < -0.39 is 6.10 Å². The smallest absolute Gasteiger partial charge is 0.0972 e. The maximum atomic E-state index is 10.8. The summed E-state index contributed by atoms with van der Waals surface area (Å²) >= 11 is 1.72. The molecule has 1 atom stereocenters. The summed E-state index contributed by atoms with van der Waals surface area (Å²) in [6.07, 6.45) is -0.481. The lowest BCUT2D eigenvalue weighted by molar-refractivity contribution is 0.104. The van der Waals surface area contributed by atoms with Crippen molar-refractivity contribution in [1.29, 1.82) is 0 Å². The van der Waals surface area contributed by atoms with Gasteiger partial charge in [0.05, 0.1) is 6.10 Å². The Morgan fingerprint density at radius 2 is 1.50 bits per heavy atom. The van der Waals surface area contributed by atoms with Crippen LogP contribution in [0.2, 0.25) is 0 Å². The first-order chi connectivity index (χ1) is 9.23. The Balaban J connectivity index is 2.31. The number of hydrogen-bond acceptors (Lipinski definition) is 2. The molecule has 0 amide bonds. The second-order valence-electron chi connectivity index (χ2n) is 6.94. The van der Waals surface area contributed by atoms with Crippen LogP contribution in [0.4, 0.5) is 0 Å². The van der Waals surface area contributed by atoms with E-state index in [9.17, 15) is 5.11 Å². The maximum Gasteiger partial charge on any atom is 0.0972 e. The Hall–Kier alpha value is -1.12. The van der Waals surface area contributed by atoms with Gasteiger partial charge in [0.25, 0.3) is 0 Å². The van der Waals surface area contributed by atoms with Crippen LogP contribution in [-0.2, 0) is 10.8 Å². The molecule has 0 aliphatic heterocycles. The van der Waals surface area contributed by atoms with Gasteiger partial charge < -0.3 is 5.11 Å². The zero-order chi connectivity index (χ0) is 15.0. The van der Waals surface area contributed by atoms with Crippen molar-refractivity contribution in [3.63, 3.8) is 0 Å². The third kappa shape index (κ3) is 2.97. The zero-order valence-electron chi connectivity index (χ0n) is 13.0. The van der Waals surface area contributed by atoms with Crippen LogP contribution >= 0.6 is 11.3 Å². The predicted octanol–water partition coefficient (Wildman–Crippen LogP) is 5.06. The fourth-order valence-corrected chi connectivity index (χ4v) is 3.52. The van der Waals surface area contributed by atoms with Crippen molar-refractivity contribution in [3.05, 3.63) is 57.8 Å². The molecule has 0 radical (unpaired) electrons. The molecule has 1 aromatic heterocycles. The summed E-state index contributed by atoms with van der Waals surface area (Å²) in [5, 5.41) is 10.8. The molecule has 0 spiro atoms. The van der Waals surface area contributed by atoms with E-state index in [-0.39, 0.29) is 10.8 Å². The molecule has 1 unspecified atom stereocenters. The third-order valence-corrected chi connectivity index (χ3v) is 5.40. The molecule has 1 N–H and O–H groups in total. The van der Waals surface area contributed by atoms with Gasteiger partial charge in [-0.05, 0) is 23.1 Å². The largest absolute Gasteiger partial charge is 0.387 e. The first-order valence-corrected chi connectivity index (χ1v) is 7.88. The van der Waals surface area contributed by atoms with Crippen LogP contribution in [0.1, 0.15) is 56.0 Å². The Kier molecular flexibility index (Phi) is 4.08. The van der Waals surface area contributed by atoms with Gasteiger partial charge in [-0.25, -0.2) is 0 Å². The molecule has 0 aliphatic rings. The van der Waals surface area contributed by atoms with E-state index in [2.05, 4.69) is 58.9 Å². The Morgan fingerprint density at radius 1 is 0.900 bits per heavy atom. The topological polar surface area (TPSA) is 20.2 Å². The first kappa shape index (κ1) is 15.3. The Morgan fingerprint density at radius 3 is 2.00 bits per heavy atom. The third-order valence-electron chi connectivity index (χ3n) is 3.84. The Labute approximate surface area is 126 Å². The van der Waals surface area contributed by atoms with Gasteiger partial charge in [0.2, 0.25) is 0 Å². The van der Waals surface area contributed by atoms with E-state index >= 15 is 0 Å². The van der Waals surface area contributed by atoms with Crippen LogP contribution in [0.5, 0.6) is 0 Å². The van der Waals surface area contributed by atoms with Crippen LogP contribution in [-0.4, -0.2) is 5.11 Å². The molecule has 2 rings (SSSR count). The van der Waals surface area contributed by atoms with Gasteiger partial charge in [-0.2, -0.15) is 0 Å². The number of thiophene rings is 1. The molecular formula is C18H24OS. The van der Waals surface area contributed by atoms with Gasteiger partial charge in [0.1, 0.15) is 0 Å². The lowest BCUT2D eigenvalue weighted by Gasteiger charge is -2.30. The molecular weight excluding hydrogens is 264 g/mol. The van der Waals surface area contributed by atoms with Gasteiger partial charge >= 0.3 is 0 Å². The summed E-state index contributed by atoms with van der Waals surface area (Å²) < 4.78 is 0. The molecule has 1 aromatic carbocycles. The van der Waals surface area contributed by atoms with Gasteiger partial charge in [-0.15, -0.1) is 11.3 Å². The minimum absolute atomic E-state index is 0.138. The fourth-order valence-electron chi connectivity index (χ4n) is 2.28. The van der Waals surface area contributed by atoms with Crippen molar-refractivity contribution in [1.82, 2.24) is 0 Å². The quantitative estimate of drug-likeness (QED) is 0.837. The molecule has 108 valence electrons. The second kappa shape index (κ2) is 5.34. The van der Waals surface area contributed by atoms with Crippen molar-refractivity contribution in [3.8, 4) is 0 Å². The number of aliphatic hydroxyl groups excluding tert-OH is 1. The molecule has 1 nitrogen and oxygen atoms in total. The highest BCUT2D eigenvalue weighted by Gasteiger charge is 2.32. The van der Waals surface area contributed by atoms with E-state index in [1.807, 2.05) is 18.2 Å². The van der Waals surface area contributed by atoms with Gasteiger partial charge in [-0.1, -0.05) is 65.0 Å². The summed E-state index contributed by atoms with van der Waals surface area (Å²) in [6.45, 7) is 10.8. The monoisotopic (exact) mass is 288 g/mol. The molecule has 2 aromatic rings. The zero-order valence-corrected chi connectivity index (χ0v) is 13.8. The number of aliphatic hydroxyl groups is 1. The Bertz CT molecular complexity index is 561. The summed E-state index contributed by atoms with van der Waals surface area (Å²) in [5.74, 6) is 0. The molecule has 1 heterocycles. The normalized spacial score (nSPS) is 14.3. The minimum Gasteiger partial charge on any atom is -0.387 e. The molecule has 20 heavy (non-hydrogen) atoms. The second-order valence-corrected chi connectivity index (χ2v) is 8.06. The van der Waals surface area contributed by atoms with E-state index in [0.717, 1.165) is 4.88 Å². The van der Waals surface area contributed by atoms with Crippen LogP contribution in [0.15, 0.2) is 42.5 Å². The van der Waals surface area contributed by atoms with E-state index in [0.29, 0.717) is 0 Å². The van der Waals surface area contributed by atoms with Crippen LogP contribution in [0.25, 0.3) is 0 Å². The van der Waals surface area contributed by atoms with Crippen molar-refractivity contribution in [2.75, 3.05) is 0 Å². The van der Waals surface area contributed by atoms with E-state index in [1.54, 1.807) is 11.3 Å². The van der Waals surface area contributed by atoms with Crippen molar-refractivity contribution in [2.45, 2.75) is 51.6 Å². The molecule has 0 fully saturated rings. The predicted molar refractivity (Wildman–Crippen MR) is 87.4 cm³/mol. The highest BCUT2D eigenvalue weighted by molar-refractivity contribution is 7.12. The fraction of sp³-hybridized carbons (Fsp3) is 0.444. The maximum absolute atomic E-state index is 10.8. The average Bonchev–Trinajstić information content (AvgIpc) is 2.88. The summed E-state index contributed by atoms with van der Waals surface area (Å²) in [6, 6.07) is 14.4. The van der Waals surface area contributed by atoms with Gasteiger partial charge in [0.15, 0.2) is 0 Å². The lowest BCUT2D eigenvalue weighted by Crippen LogP contribution is -2.26. The number of rotatable bonds is 3. The van der Waals surface area contributed by atoms with Gasteiger partial charge in [-0.3, -0.25) is 0 Å². The van der Waals surface area contributed by atoms with Crippen LogP contribution in [0, 0.1) is 0 Å². The van der Waals surface area contributed by atoms with Crippen LogP contribution in [0.3, 0.4) is 0 Å². The number of hydrogen-bond donors (Lipinski definition) is 1. The van der Waals surface area contributed by atoms with Gasteiger partial charge in [0, 0.05) is 15.2 Å². The minimum atomic E-state index is -0.481. The summed E-state index contributed by atoms with van der Waals surface area (Å²) in [4.78, 5) is 2.36. The molecule has 0 aliphatic carbocycles. The summed E-state index contributed by atoms with van der Waals surface area (Å²) in [5.41, 5.74) is 1.01. The van der Waals surface area contributed by atoms with Crippen molar-refractivity contribution in [2.24, 2.45) is 0 Å². The SMILES string of the molecule is CC(C)(C)c1ccc(C(O)C(C)(C)c2ccccc2)s1. The average molecular weight is 288 g/mol. The van der Waals surface area contributed by atoms with Crippen molar-refractivity contribution >= 4 is 11.3 Å². The molecule has 0 saturated heterocycles. The summed E-state index contributed by atoms with van der Waals surface area (Å²) in [7, 11) is 0. The standard InChI is InChI=1S/C18H24OS/c1-17(2,3)15-12-11-14(20-15)16(19)18(4,5)13-9-7-6-8-10-13/h6-12,16,19H,1-5H3.